The molecule has 1 aliphatic heterocycles. The summed E-state index contributed by atoms with van der Waals surface area (Å²) in [5.74, 6) is 1.87. The Morgan fingerprint density at radius 1 is 1.40 bits per heavy atom. The second-order valence-corrected chi connectivity index (χ2v) is 6.65. The smallest absolute Gasteiger partial charge is 0.230 e. The van der Waals surface area contributed by atoms with Crippen LogP contribution < -0.4 is 4.90 Å². The van der Waals surface area contributed by atoms with Gasteiger partial charge < -0.3 is 4.90 Å². The fourth-order valence-corrected chi connectivity index (χ4v) is 3.41. The maximum absolute atomic E-state index is 12.6. The third-order valence-corrected chi connectivity index (χ3v) is 4.92. The van der Waals surface area contributed by atoms with Crippen LogP contribution in [0.15, 0.2) is 18.2 Å². The molecule has 1 aromatic carbocycles. The first-order valence-corrected chi connectivity index (χ1v) is 8.06. The Kier molecular flexibility index (Phi) is 3.57. The van der Waals surface area contributed by atoms with E-state index in [9.17, 15) is 4.79 Å². The molecular weight excluding hydrogens is 246 g/mol. The first-order valence-electron chi connectivity index (χ1n) is 8.06. The molecule has 0 N–H and O–H groups in total. The second-order valence-electron chi connectivity index (χ2n) is 6.65. The predicted molar refractivity (Wildman–Crippen MR) is 83.1 cm³/mol. The Labute approximate surface area is 122 Å². The summed E-state index contributed by atoms with van der Waals surface area (Å²) in [7, 11) is 0. The fraction of sp³-hybridized carbons (Fsp3) is 0.611. The van der Waals surface area contributed by atoms with E-state index in [0.717, 1.165) is 32.2 Å². The maximum atomic E-state index is 12.6. The summed E-state index contributed by atoms with van der Waals surface area (Å²) in [6, 6.07) is 6.67. The van der Waals surface area contributed by atoms with Gasteiger partial charge in [-0.05, 0) is 48.3 Å². The summed E-state index contributed by atoms with van der Waals surface area (Å²) >= 11 is 0. The van der Waals surface area contributed by atoms with Gasteiger partial charge in [-0.2, -0.15) is 0 Å². The highest BCUT2D eigenvalue weighted by molar-refractivity contribution is 5.97. The van der Waals surface area contributed by atoms with Gasteiger partial charge in [-0.3, -0.25) is 4.79 Å². The van der Waals surface area contributed by atoms with Gasteiger partial charge in [0.2, 0.25) is 5.91 Å². The van der Waals surface area contributed by atoms with Gasteiger partial charge in [0, 0.05) is 18.2 Å². The monoisotopic (exact) mass is 271 g/mol. The van der Waals surface area contributed by atoms with Gasteiger partial charge in [0.1, 0.15) is 0 Å². The standard InChI is InChI=1S/C18H25NO/c1-4-13-11-16(13)18(20)19-9-5-6-15-10-14(12(2)3)7-8-17(15)19/h7-8,10,12-13,16H,4-6,9,11H2,1-3H3/t13-,16-/m1/s1. The molecular formula is C18H25NO. The normalized spacial score (nSPS) is 24.7. The number of aryl methyl sites for hydroxylation is 1. The second kappa shape index (κ2) is 5.23. The molecule has 108 valence electrons. The summed E-state index contributed by atoms with van der Waals surface area (Å²) in [5, 5.41) is 0. The molecule has 1 saturated carbocycles. The van der Waals surface area contributed by atoms with Crippen LogP contribution in [0.2, 0.25) is 0 Å². The quantitative estimate of drug-likeness (QED) is 0.809. The lowest BCUT2D eigenvalue weighted by molar-refractivity contribution is -0.120. The molecule has 1 amide bonds. The Hall–Kier alpha value is -1.31. The van der Waals surface area contributed by atoms with Gasteiger partial charge in [-0.25, -0.2) is 0 Å². The molecule has 0 aromatic heterocycles. The molecule has 0 spiro atoms. The summed E-state index contributed by atoms with van der Waals surface area (Å²) in [6.07, 6.45) is 4.46. The molecule has 2 nitrogen and oxygen atoms in total. The molecule has 1 aromatic rings. The van der Waals surface area contributed by atoms with Crippen LogP contribution in [0.1, 0.15) is 57.1 Å². The maximum Gasteiger partial charge on any atom is 0.230 e. The zero-order chi connectivity index (χ0) is 14.3. The van der Waals surface area contributed by atoms with E-state index in [2.05, 4.69) is 43.9 Å². The SMILES string of the molecule is CC[C@@H]1C[C@H]1C(=O)N1CCCc2cc(C(C)C)ccc21. The van der Waals surface area contributed by atoms with E-state index >= 15 is 0 Å². The summed E-state index contributed by atoms with van der Waals surface area (Å²) < 4.78 is 0. The van der Waals surface area contributed by atoms with Crippen LogP contribution in [0.25, 0.3) is 0 Å². The molecule has 2 aliphatic rings. The number of anilines is 1. The number of amides is 1. The minimum absolute atomic E-state index is 0.302. The lowest BCUT2D eigenvalue weighted by Crippen LogP contribution is -2.37. The Morgan fingerprint density at radius 2 is 2.20 bits per heavy atom. The number of carbonyl (C=O) groups excluding carboxylic acids is 1. The molecule has 0 bridgehead atoms. The summed E-state index contributed by atoms with van der Waals surface area (Å²) in [4.78, 5) is 14.7. The highest BCUT2D eigenvalue weighted by Crippen LogP contribution is 2.44. The highest BCUT2D eigenvalue weighted by Gasteiger charge is 2.44. The zero-order valence-corrected chi connectivity index (χ0v) is 12.9. The van der Waals surface area contributed by atoms with Crippen LogP contribution >= 0.6 is 0 Å². The highest BCUT2D eigenvalue weighted by atomic mass is 16.2. The van der Waals surface area contributed by atoms with Crippen molar-refractivity contribution in [2.24, 2.45) is 11.8 Å². The first kappa shape index (κ1) is 13.7. The molecule has 0 unspecified atom stereocenters. The Morgan fingerprint density at radius 3 is 2.85 bits per heavy atom. The fourth-order valence-electron chi connectivity index (χ4n) is 3.41. The van der Waals surface area contributed by atoms with Crippen LogP contribution in [-0.2, 0) is 11.2 Å². The van der Waals surface area contributed by atoms with Gasteiger partial charge in [0.25, 0.3) is 0 Å². The molecule has 2 atom stereocenters. The van der Waals surface area contributed by atoms with Crippen molar-refractivity contribution < 1.29 is 4.79 Å². The Bertz CT molecular complexity index is 520. The molecule has 1 heterocycles. The number of nitrogens with zero attached hydrogens (tertiary/aromatic N) is 1. The zero-order valence-electron chi connectivity index (χ0n) is 12.9. The third kappa shape index (κ3) is 2.36. The van der Waals surface area contributed by atoms with Gasteiger partial charge in [0.05, 0.1) is 0 Å². The van der Waals surface area contributed by atoms with Crippen LogP contribution in [0.3, 0.4) is 0 Å². The van der Waals surface area contributed by atoms with E-state index in [1.807, 2.05) is 0 Å². The van der Waals surface area contributed by atoms with Crippen molar-refractivity contribution in [3.8, 4) is 0 Å². The molecule has 0 saturated heterocycles. The number of hydrogen-bond donors (Lipinski definition) is 0. The van der Waals surface area contributed by atoms with Crippen molar-refractivity contribution in [1.82, 2.24) is 0 Å². The number of hydrogen-bond acceptors (Lipinski definition) is 1. The van der Waals surface area contributed by atoms with Crippen LogP contribution in [0.5, 0.6) is 0 Å². The van der Waals surface area contributed by atoms with Crippen molar-refractivity contribution in [2.45, 2.75) is 52.4 Å². The molecule has 3 rings (SSSR count). The van der Waals surface area contributed by atoms with Crippen molar-refractivity contribution in [2.75, 3.05) is 11.4 Å². The van der Waals surface area contributed by atoms with E-state index in [-0.39, 0.29) is 0 Å². The van der Waals surface area contributed by atoms with Crippen molar-refractivity contribution in [1.29, 1.82) is 0 Å². The number of rotatable bonds is 3. The van der Waals surface area contributed by atoms with E-state index in [4.69, 9.17) is 0 Å². The molecule has 1 fully saturated rings. The topological polar surface area (TPSA) is 20.3 Å². The predicted octanol–water partition coefficient (Wildman–Crippen LogP) is 4.14. The first-order chi connectivity index (χ1) is 9.61. The molecule has 2 heteroatoms. The van der Waals surface area contributed by atoms with Gasteiger partial charge in [-0.1, -0.05) is 39.3 Å². The van der Waals surface area contributed by atoms with Crippen LogP contribution in [0, 0.1) is 11.8 Å². The number of carbonyl (C=O) groups is 1. The van der Waals surface area contributed by atoms with E-state index in [1.54, 1.807) is 0 Å². The van der Waals surface area contributed by atoms with Crippen molar-refractivity contribution in [3.63, 3.8) is 0 Å². The lowest BCUT2D eigenvalue weighted by atomic mass is 9.94. The van der Waals surface area contributed by atoms with Crippen LogP contribution in [0.4, 0.5) is 5.69 Å². The van der Waals surface area contributed by atoms with Crippen molar-refractivity contribution in [3.05, 3.63) is 29.3 Å². The minimum Gasteiger partial charge on any atom is -0.312 e. The van der Waals surface area contributed by atoms with E-state index < -0.39 is 0 Å². The van der Waals surface area contributed by atoms with E-state index in [0.29, 0.717) is 23.7 Å². The van der Waals surface area contributed by atoms with Gasteiger partial charge in [0.15, 0.2) is 0 Å². The van der Waals surface area contributed by atoms with Crippen LogP contribution in [-0.4, -0.2) is 12.5 Å². The van der Waals surface area contributed by atoms with Gasteiger partial charge in [-0.15, -0.1) is 0 Å². The van der Waals surface area contributed by atoms with Crippen molar-refractivity contribution >= 4 is 11.6 Å². The number of benzene rings is 1. The average molecular weight is 271 g/mol. The minimum atomic E-state index is 0.302. The lowest BCUT2D eigenvalue weighted by Gasteiger charge is -2.30. The largest absolute Gasteiger partial charge is 0.312 e. The van der Waals surface area contributed by atoms with Gasteiger partial charge >= 0.3 is 0 Å². The number of fused-ring (bicyclic) bond motifs is 1. The summed E-state index contributed by atoms with van der Waals surface area (Å²) in [6.45, 7) is 7.55. The third-order valence-electron chi connectivity index (χ3n) is 4.92. The van der Waals surface area contributed by atoms with E-state index in [1.165, 1.54) is 16.8 Å². The average Bonchev–Trinajstić information content (AvgIpc) is 3.24. The summed E-state index contributed by atoms with van der Waals surface area (Å²) in [5.41, 5.74) is 3.92. The Balaban J connectivity index is 1.85. The molecule has 0 radical (unpaired) electrons. The molecule has 20 heavy (non-hydrogen) atoms. The molecule has 1 aliphatic carbocycles.